The molecule has 1 aromatic heterocycles. The highest BCUT2D eigenvalue weighted by molar-refractivity contribution is 6.20. The number of nitrogens with one attached hydrogen (secondary N) is 2. The van der Waals surface area contributed by atoms with Crippen molar-refractivity contribution >= 4 is 23.5 Å². The van der Waals surface area contributed by atoms with Crippen LogP contribution in [0.5, 0.6) is 0 Å². The van der Waals surface area contributed by atoms with Crippen molar-refractivity contribution in [2.24, 2.45) is 5.41 Å². The van der Waals surface area contributed by atoms with Crippen LogP contribution in [0.3, 0.4) is 0 Å². The zero-order valence-electron chi connectivity index (χ0n) is 17.7. The fraction of sp³-hybridized carbons (Fsp3) is 0.333. The molecule has 0 aliphatic carbocycles. The zero-order chi connectivity index (χ0) is 22.5. The van der Waals surface area contributed by atoms with Gasteiger partial charge in [0, 0.05) is 35.8 Å². The molecule has 4 heterocycles. The van der Waals surface area contributed by atoms with Gasteiger partial charge in [-0.15, -0.1) is 0 Å². The number of ether oxygens (including phenoxy) is 1. The van der Waals surface area contributed by atoms with E-state index >= 15 is 0 Å². The molecule has 0 unspecified atom stereocenters. The number of aromatic nitrogens is 1. The molecule has 8 heteroatoms. The van der Waals surface area contributed by atoms with Crippen LogP contribution in [-0.4, -0.2) is 47.6 Å². The first-order chi connectivity index (χ1) is 15.4. The van der Waals surface area contributed by atoms with Crippen LogP contribution in [0.15, 0.2) is 42.7 Å². The number of fused-ring (bicyclic) bond motifs is 4. The second-order valence-electron chi connectivity index (χ2n) is 8.46. The summed E-state index contributed by atoms with van der Waals surface area (Å²) < 4.78 is 6.02. The van der Waals surface area contributed by atoms with Crippen molar-refractivity contribution < 1.29 is 19.1 Å². The van der Waals surface area contributed by atoms with E-state index in [-0.39, 0.29) is 18.6 Å². The van der Waals surface area contributed by atoms with Crippen molar-refractivity contribution in [1.82, 2.24) is 15.6 Å². The summed E-state index contributed by atoms with van der Waals surface area (Å²) in [5.74, 6) is 5.07. The smallest absolute Gasteiger partial charge is 0.328 e. The van der Waals surface area contributed by atoms with Gasteiger partial charge in [0.05, 0.1) is 18.2 Å². The molecule has 0 saturated carbocycles. The summed E-state index contributed by atoms with van der Waals surface area (Å²) in [4.78, 5) is 44.2. The third-order valence-electron chi connectivity index (χ3n) is 6.34. The van der Waals surface area contributed by atoms with Crippen LogP contribution in [-0.2, 0) is 20.7 Å². The summed E-state index contributed by atoms with van der Waals surface area (Å²) in [6, 6.07) is 8.18. The number of anilines is 1. The molecule has 0 radical (unpaired) electrons. The van der Waals surface area contributed by atoms with E-state index in [9.17, 15) is 14.4 Å². The lowest BCUT2D eigenvalue weighted by molar-refractivity contribution is -0.153. The van der Waals surface area contributed by atoms with Crippen molar-refractivity contribution in [3.05, 3.63) is 59.4 Å². The van der Waals surface area contributed by atoms with Crippen LogP contribution in [0.4, 0.5) is 10.5 Å². The third-order valence-corrected chi connectivity index (χ3v) is 6.34. The van der Waals surface area contributed by atoms with Crippen molar-refractivity contribution in [3.8, 4) is 11.8 Å². The average Bonchev–Trinajstić information content (AvgIpc) is 2.76. The fourth-order valence-corrected chi connectivity index (χ4v) is 5.11. The summed E-state index contributed by atoms with van der Waals surface area (Å²) in [5.41, 5.74) is 1.93. The first kappa shape index (κ1) is 20.2. The number of morpholine rings is 1. The maximum absolute atomic E-state index is 13.2. The molecule has 2 N–H and O–H groups in total. The van der Waals surface area contributed by atoms with Crippen LogP contribution in [0.1, 0.15) is 30.5 Å². The summed E-state index contributed by atoms with van der Waals surface area (Å²) >= 11 is 0. The molecule has 2 fully saturated rings. The molecule has 2 aromatic rings. The van der Waals surface area contributed by atoms with E-state index in [1.54, 1.807) is 12.4 Å². The molecule has 3 aliphatic rings. The first-order valence-electron chi connectivity index (χ1n) is 10.5. The molecule has 162 valence electrons. The maximum atomic E-state index is 13.2. The van der Waals surface area contributed by atoms with Crippen molar-refractivity contribution in [2.45, 2.75) is 38.5 Å². The van der Waals surface area contributed by atoms with Gasteiger partial charge in [0.2, 0.25) is 11.8 Å². The van der Waals surface area contributed by atoms with E-state index in [0.29, 0.717) is 6.54 Å². The maximum Gasteiger partial charge on any atom is 0.328 e. The monoisotopic (exact) mass is 430 g/mol. The van der Waals surface area contributed by atoms with Crippen LogP contribution in [0.25, 0.3) is 0 Å². The molecular formula is C24H22N4O4. The number of benzene rings is 1. The third kappa shape index (κ3) is 3.13. The van der Waals surface area contributed by atoms with Gasteiger partial charge in [0.1, 0.15) is 0 Å². The molecule has 2 saturated heterocycles. The van der Waals surface area contributed by atoms with E-state index in [4.69, 9.17) is 4.74 Å². The van der Waals surface area contributed by atoms with E-state index in [1.807, 2.05) is 44.2 Å². The van der Waals surface area contributed by atoms with E-state index in [1.165, 1.54) is 0 Å². The SMILES string of the molecule is C[C@@H]1CN2c3ccc(C#Cc4ccncc4)cc3CC3(C(=O)NC(=O)NC3=O)[C@H]2[C@H](C)O1. The number of urea groups is 1. The van der Waals surface area contributed by atoms with Crippen molar-refractivity contribution in [3.63, 3.8) is 0 Å². The van der Waals surface area contributed by atoms with Gasteiger partial charge in [-0.2, -0.15) is 0 Å². The van der Waals surface area contributed by atoms with E-state index in [2.05, 4.69) is 32.4 Å². The molecule has 32 heavy (non-hydrogen) atoms. The van der Waals surface area contributed by atoms with Gasteiger partial charge in [0.25, 0.3) is 0 Å². The number of imide groups is 2. The van der Waals surface area contributed by atoms with Gasteiger partial charge < -0.3 is 9.64 Å². The Labute approximate surface area is 185 Å². The highest BCUT2D eigenvalue weighted by Crippen LogP contribution is 2.46. The Hall–Kier alpha value is -3.70. The molecule has 4 amide bonds. The Balaban J connectivity index is 1.61. The van der Waals surface area contributed by atoms with Crippen LogP contribution in [0.2, 0.25) is 0 Å². The Morgan fingerprint density at radius 3 is 2.44 bits per heavy atom. The minimum absolute atomic E-state index is 0.0771. The summed E-state index contributed by atoms with van der Waals surface area (Å²) in [6.45, 7) is 4.36. The molecule has 8 nitrogen and oxygen atoms in total. The van der Waals surface area contributed by atoms with Gasteiger partial charge >= 0.3 is 6.03 Å². The van der Waals surface area contributed by atoms with Gasteiger partial charge in [-0.05, 0) is 56.2 Å². The first-order valence-corrected chi connectivity index (χ1v) is 10.5. The summed E-state index contributed by atoms with van der Waals surface area (Å²) in [6.07, 6.45) is 3.06. The Morgan fingerprint density at radius 1 is 1.03 bits per heavy atom. The lowest BCUT2D eigenvalue weighted by Gasteiger charge is -2.55. The normalized spacial score (nSPS) is 25.8. The van der Waals surface area contributed by atoms with Crippen LogP contribution >= 0.6 is 0 Å². The summed E-state index contributed by atoms with van der Waals surface area (Å²) in [7, 11) is 0. The van der Waals surface area contributed by atoms with Gasteiger partial charge in [-0.25, -0.2) is 4.79 Å². The second kappa shape index (κ2) is 7.46. The molecule has 1 spiro atoms. The largest absolute Gasteiger partial charge is 0.372 e. The van der Waals surface area contributed by atoms with E-state index < -0.39 is 29.3 Å². The van der Waals surface area contributed by atoms with Gasteiger partial charge in [-0.1, -0.05) is 11.8 Å². The number of amides is 4. The Bertz CT molecular complexity index is 1160. The molecule has 3 aliphatic heterocycles. The Kier molecular flexibility index (Phi) is 4.72. The number of nitrogens with zero attached hydrogens (tertiary/aromatic N) is 2. The number of barbiturate groups is 1. The number of pyridine rings is 1. The fourth-order valence-electron chi connectivity index (χ4n) is 5.11. The quantitative estimate of drug-likeness (QED) is 0.484. The lowest BCUT2D eigenvalue weighted by atomic mass is 9.66. The predicted octanol–water partition coefficient (Wildman–Crippen LogP) is 1.37. The topological polar surface area (TPSA) is 101 Å². The highest BCUT2D eigenvalue weighted by atomic mass is 16.5. The molecular weight excluding hydrogens is 408 g/mol. The Morgan fingerprint density at radius 2 is 1.72 bits per heavy atom. The van der Waals surface area contributed by atoms with Gasteiger partial charge in [-0.3, -0.25) is 25.2 Å². The molecule has 1 aromatic carbocycles. The van der Waals surface area contributed by atoms with Crippen LogP contribution < -0.4 is 15.5 Å². The lowest BCUT2D eigenvalue weighted by Crippen LogP contribution is -2.75. The number of hydrogen-bond donors (Lipinski definition) is 2. The molecule has 3 atom stereocenters. The standard InChI is InChI=1S/C24H22N4O4/c1-14-13-28-19-6-5-17(4-3-16-7-9-25-10-8-16)11-18(19)12-24(20(28)15(2)32-14)21(29)26-23(31)27-22(24)30/h5-11,14-15,20H,12-13H2,1-2H3,(H2,26,27,29,30,31)/t14-,15+,20-/m1/s1. The van der Waals surface area contributed by atoms with E-state index in [0.717, 1.165) is 22.4 Å². The van der Waals surface area contributed by atoms with Crippen molar-refractivity contribution in [1.29, 1.82) is 0 Å². The zero-order valence-corrected chi connectivity index (χ0v) is 17.7. The molecule has 5 rings (SSSR count). The molecule has 0 bridgehead atoms. The van der Waals surface area contributed by atoms with Crippen molar-refractivity contribution in [2.75, 3.05) is 11.4 Å². The van der Waals surface area contributed by atoms with Gasteiger partial charge in [0.15, 0.2) is 5.41 Å². The number of hydrogen-bond acceptors (Lipinski definition) is 6. The number of carbonyl (C=O) groups is 3. The number of carbonyl (C=O) groups excluding carboxylic acids is 3. The minimum atomic E-state index is -1.47. The predicted molar refractivity (Wildman–Crippen MR) is 116 cm³/mol. The number of rotatable bonds is 0. The average molecular weight is 430 g/mol. The highest BCUT2D eigenvalue weighted by Gasteiger charge is 2.62. The van der Waals surface area contributed by atoms with Crippen LogP contribution in [0, 0.1) is 17.3 Å². The minimum Gasteiger partial charge on any atom is -0.372 e. The second-order valence-corrected chi connectivity index (χ2v) is 8.46. The summed E-state index contributed by atoms with van der Waals surface area (Å²) in [5, 5.41) is 4.60.